The lowest BCUT2D eigenvalue weighted by atomic mass is 10.1. The third-order valence-electron chi connectivity index (χ3n) is 5.02. The molecule has 8 heteroatoms. The van der Waals surface area contributed by atoms with E-state index in [0.717, 1.165) is 17.3 Å². The molecule has 1 N–H and O–H groups in total. The number of amides is 1. The maximum atomic E-state index is 14.3. The molecule has 0 bridgehead atoms. The standard InChI is InChI=1S/C23H24FN5OS/c1-15(2)11-12-25-20(30)14-31-23-26-22-21(27-28-23)17-8-4-6-10-19(17)29(22)13-16-7-3-5-9-18(16)24/h3-10,15H,11-14H2,1-2H3,(H,25,30). The third-order valence-corrected chi connectivity index (χ3v) is 5.85. The molecule has 2 aromatic heterocycles. The van der Waals surface area contributed by atoms with Crippen molar-refractivity contribution in [1.82, 2.24) is 25.1 Å². The normalized spacial score (nSPS) is 11.5. The molecule has 0 saturated carbocycles. The molecular formula is C23H24FN5OS. The Kier molecular flexibility index (Phi) is 6.46. The van der Waals surface area contributed by atoms with Gasteiger partial charge in [-0.1, -0.05) is 62.0 Å². The summed E-state index contributed by atoms with van der Waals surface area (Å²) in [5.41, 5.74) is 2.78. The van der Waals surface area contributed by atoms with Crippen molar-refractivity contribution < 1.29 is 9.18 Å². The molecule has 1 amide bonds. The second-order valence-electron chi connectivity index (χ2n) is 7.78. The summed E-state index contributed by atoms with van der Waals surface area (Å²) in [7, 11) is 0. The highest BCUT2D eigenvalue weighted by molar-refractivity contribution is 7.99. The molecule has 0 aliphatic carbocycles. The Morgan fingerprint density at radius 1 is 1.13 bits per heavy atom. The largest absolute Gasteiger partial charge is 0.355 e. The molecule has 0 atom stereocenters. The van der Waals surface area contributed by atoms with Crippen LogP contribution >= 0.6 is 11.8 Å². The molecular weight excluding hydrogens is 413 g/mol. The molecule has 0 aliphatic rings. The summed E-state index contributed by atoms with van der Waals surface area (Å²) in [5, 5.41) is 12.8. The lowest BCUT2D eigenvalue weighted by molar-refractivity contribution is -0.118. The number of carbonyl (C=O) groups excluding carboxylic acids is 1. The number of hydrogen-bond donors (Lipinski definition) is 1. The molecule has 0 radical (unpaired) electrons. The van der Waals surface area contributed by atoms with E-state index in [-0.39, 0.29) is 17.5 Å². The Morgan fingerprint density at radius 3 is 2.71 bits per heavy atom. The fraction of sp³-hybridized carbons (Fsp3) is 0.304. The fourth-order valence-electron chi connectivity index (χ4n) is 3.39. The Bertz CT molecular complexity index is 1220. The molecule has 160 valence electrons. The average Bonchev–Trinajstić information content (AvgIpc) is 3.07. The Morgan fingerprint density at radius 2 is 1.90 bits per heavy atom. The minimum atomic E-state index is -0.261. The van der Waals surface area contributed by atoms with Gasteiger partial charge in [-0.15, -0.1) is 10.2 Å². The molecule has 0 spiro atoms. The van der Waals surface area contributed by atoms with Gasteiger partial charge in [0.1, 0.15) is 11.3 Å². The van der Waals surface area contributed by atoms with E-state index in [1.807, 2.05) is 34.9 Å². The van der Waals surface area contributed by atoms with Crippen LogP contribution < -0.4 is 5.32 Å². The number of halogens is 1. The van der Waals surface area contributed by atoms with Gasteiger partial charge in [0.15, 0.2) is 5.65 Å². The number of aromatic nitrogens is 4. The van der Waals surface area contributed by atoms with Crippen LogP contribution in [0.1, 0.15) is 25.8 Å². The predicted molar refractivity (Wildman–Crippen MR) is 122 cm³/mol. The van der Waals surface area contributed by atoms with Crippen molar-refractivity contribution in [2.45, 2.75) is 32.0 Å². The summed E-state index contributed by atoms with van der Waals surface area (Å²) in [6.07, 6.45) is 0.941. The number of fused-ring (bicyclic) bond motifs is 3. The van der Waals surface area contributed by atoms with Gasteiger partial charge in [0.25, 0.3) is 0 Å². The molecule has 0 unspecified atom stereocenters. The van der Waals surface area contributed by atoms with Gasteiger partial charge in [-0.25, -0.2) is 9.37 Å². The number of rotatable bonds is 8. The van der Waals surface area contributed by atoms with E-state index in [1.165, 1.54) is 17.8 Å². The first kappa shape index (κ1) is 21.2. The van der Waals surface area contributed by atoms with Crippen LogP contribution in [0.2, 0.25) is 0 Å². The van der Waals surface area contributed by atoms with Crippen molar-refractivity contribution in [3.05, 3.63) is 59.9 Å². The van der Waals surface area contributed by atoms with Crippen molar-refractivity contribution in [3.63, 3.8) is 0 Å². The maximum Gasteiger partial charge on any atom is 0.230 e. The van der Waals surface area contributed by atoms with Crippen molar-refractivity contribution >= 4 is 39.7 Å². The summed E-state index contributed by atoms with van der Waals surface area (Å²) in [6, 6.07) is 14.5. The van der Waals surface area contributed by atoms with Crippen molar-refractivity contribution in [2.75, 3.05) is 12.3 Å². The lowest BCUT2D eigenvalue weighted by Gasteiger charge is -2.08. The first-order chi connectivity index (χ1) is 15.0. The number of nitrogens with zero attached hydrogens (tertiary/aromatic N) is 4. The smallest absolute Gasteiger partial charge is 0.230 e. The summed E-state index contributed by atoms with van der Waals surface area (Å²) in [4.78, 5) is 16.8. The molecule has 6 nitrogen and oxygen atoms in total. The lowest BCUT2D eigenvalue weighted by Crippen LogP contribution is -2.27. The fourth-order valence-corrected chi connectivity index (χ4v) is 4.00. The predicted octanol–water partition coefficient (Wildman–Crippen LogP) is 4.42. The van der Waals surface area contributed by atoms with Gasteiger partial charge in [0, 0.05) is 17.5 Å². The second-order valence-corrected chi connectivity index (χ2v) is 8.72. The van der Waals surface area contributed by atoms with Crippen LogP contribution in [-0.2, 0) is 11.3 Å². The molecule has 4 rings (SSSR count). The summed E-state index contributed by atoms with van der Waals surface area (Å²) < 4.78 is 16.3. The van der Waals surface area contributed by atoms with E-state index in [9.17, 15) is 9.18 Å². The quantitative estimate of drug-likeness (QED) is 0.413. The van der Waals surface area contributed by atoms with Crippen LogP contribution in [-0.4, -0.2) is 38.0 Å². The van der Waals surface area contributed by atoms with Gasteiger partial charge in [-0.3, -0.25) is 4.79 Å². The zero-order valence-electron chi connectivity index (χ0n) is 17.5. The second kappa shape index (κ2) is 9.43. The van der Waals surface area contributed by atoms with E-state index in [4.69, 9.17) is 0 Å². The average molecular weight is 438 g/mol. The minimum Gasteiger partial charge on any atom is -0.355 e. The van der Waals surface area contributed by atoms with Gasteiger partial charge in [-0.2, -0.15) is 0 Å². The Labute approximate surface area is 184 Å². The minimum absolute atomic E-state index is 0.0544. The first-order valence-corrected chi connectivity index (χ1v) is 11.3. The van der Waals surface area contributed by atoms with E-state index in [1.54, 1.807) is 12.1 Å². The number of carbonyl (C=O) groups is 1. The molecule has 4 aromatic rings. The van der Waals surface area contributed by atoms with E-state index in [2.05, 4.69) is 34.3 Å². The highest BCUT2D eigenvalue weighted by atomic mass is 32.2. The molecule has 2 heterocycles. The number of thioether (sulfide) groups is 1. The molecule has 0 aliphatic heterocycles. The van der Waals surface area contributed by atoms with Gasteiger partial charge in [0.05, 0.1) is 17.8 Å². The van der Waals surface area contributed by atoms with Crippen LogP contribution in [0.4, 0.5) is 4.39 Å². The van der Waals surface area contributed by atoms with Crippen molar-refractivity contribution in [1.29, 1.82) is 0 Å². The van der Waals surface area contributed by atoms with Crippen LogP contribution in [0.25, 0.3) is 22.1 Å². The summed E-state index contributed by atoms with van der Waals surface area (Å²) >= 11 is 1.25. The van der Waals surface area contributed by atoms with E-state index < -0.39 is 0 Å². The van der Waals surface area contributed by atoms with Crippen molar-refractivity contribution in [3.8, 4) is 0 Å². The zero-order valence-corrected chi connectivity index (χ0v) is 18.3. The van der Waals surface area contributed by atoms with Crippen molar-refractivity contribution in [2.24, 2.45) is 5.92 Å². The van der Waals surface area contributed by atoms with Gasteiger partial charge in [0.2, 0.25) is 11.1 Å². The van der Waals surface area contributed by atoms with E-state index in [0.29, 0.717) is 40.9 Å². The highest BCUT2D eigenvalue weighted by Gasteiger charge is 2.16. The number of para-hydroxylation sites is 1. The molecule has 2 aromatic carbocycles. The molecule has 31 heavy (non-hydrogen) atoms. The number of benzene rings is 2. The van der Waals surface area contributed by atoms with E-state index >= 15 is 0 Å². The monoisotopic (exact) mass is 437 g/mol. The Hall–Kier alpha value is -3.00. The molecule has 0 fully saturated rings. The van der Waals surface area contributed by atoms with Crippen LogP contribution in [0, 0.1) is 11.7 Å². The number of hydrogen-bond acceptors (Lipinski definition) is 5. The molecule has 0 saturated heterocycles. The van der Waals surface area contributed by atoms with Crippen LogP contribution in [0.5, 0.6) is 0 Å². The van der Waals surface area contributed by atoms with Crippen LogP contribution in [0.3, 0.4) is 0 Å². The SMILES string of the molecule is CC(C)CCNC(=O)CSc1nnc2c3ccccc3n(Cc3ccccc3F)c2n1. The highest BCUT2D eigenvalue weighted by Crippen LogP contribution is 2.28. The van der Waals surface area contributed by atoms with Gasteiger partial charge in [-0.05, 0) is 24.5 Å². The van der Waals surface area contributed by atoms with Crippen LogP contribution in [0.15, 0.2) is 53.7 Å². The zero-order chi connectivity index (χ0) is 21.8. The van der Waals surface area contributed by atoms with Gasteiger partial charge >= 0.3 is 0 Å². The first-order valence-electron chi connectivity index (χ1n) is 10.3. The Balaban J connectivity index is 1.61. The van der Waals surface area contributed by atoms with Gasteiger partial charge < -0.3 is 9.88 Å². The third kappa shape index (κ3) is 4.85. The number of nitrogens with one attached hydrogen (secondary N) is 1. The topological polar surface area (TPSA) is 72.7 Å². The summed E-state index contributed by atoms with van der Waals surface area (Å²) in [5.74, 6) is 0.447. The summed E-state index contributed by atoms with van der Waals surface area (Å²) in [6.45, 7) is 5.23. The maximum absolute atomic E-state index is 14.3.